The molecule has 4 nitrogen and oxygen atoms in total. The highest BCUT2D eigenvalue weighted by Gasteiger charge is 2.49. The van der Waals surface area contributed by atoms with Crippen LogP contribution in [0.2, 0.25) is 0 Å². The van der Waals surface area contributed by atoms with Crippen LogP contribution in [0.15, 0.2) is 24.3 Å². The molecule has 0 bridgehead atoms. The van der Waals surface area contributed by atoms with E-state index in [0.717, 1.165) is 37.2 Å². The highest BCUT2D eigenvalue weighted by Crippen LogP contribution is 2.50. The van der Waals surface area contributed by atoms with Gasteiger partial charge in [0, 0.05) is 24.3 Å². The summed E-state index contributed by atoms with van der Waals surface area (Å²) >= 11 is 0. The molecule has 1 spiro atoms. The molecule has 1 fully saturated rings. The van der Waals surface area contributed by atoms with E-state index < -0.39 is 5.60 Å². The fraction of sp³-hybridized carbons (Fsp3) is 0.611. The van der Waals surface area contributed by atoms with Gasteiger partial charge in [-0.15, -0.1) is 0 Å². The van der Waals surface area contributed by atoms with Gasteiger partial charge in [-0.05, 0) is 39.9 Å². The molecule has 2 aliphatic heterocycles. The van der Waals surface area contributed by atoms with Crippen molar-refractivity contribution < 1.29 is 14.3 Å². The third-order valence-corrected chi connectivity index (χ3v) is 4.48. The molecule has 0 amide bonds. The van der Waals surface area contributed by atoms with Crippen LogP contribution in [-0.2, 0) is 9.53 Å². The van der Waals surface area contributed by atoms with Crippen molar-refractivity contribution in [2.24, 2.45) is 0 Å². The molecule has 3 rings (SSSR count). The maximum Gasteiger partial charge on any atom is 0.307 e. The second-order valence-electron chi connectivity index (χ2n) is 7.30. The average Bonchev–Trinajstić information content (AvgIpc) is 2.72. The second-order valence-corrected chi connectivity index (χ2v) is 7.30. The number of hydrogen-bond acceptors (Lipinski definition) is 4. The van der Waals surface area contributed by atoms with Gasteiger partial charge in [-0.3, -0.25) is 4.79 Å². The summed E-state index contributed by atoms with van der Waals surface area (Å²) in [4.78, 5) is 12.4. The normalized spacial score (nSPS) is 23.0. The molecule has 1 atom stereocenters. The lowest BCUT2D eigenvalue weighted by Crippen LogP contribution is -2.48. The number of carbonyl (C=O) groups is 1. The Morgan fingerprint density at radius 3 is 2.68 bits per heavy atom. The standard InChI is InChI=1S/C18H25NO3/c1-17(2,3)22-16(20)12-14-13-6-4-5-7-15(13)21-18(14)8-10-19-11-9-18/h4-7,14,19H,8-12H2,1-3H3/t14-/m1/s1. The first kappa shape index (κ1) is 15.3. The Morgan fingerprint density at radius 2 is 2.00 bits per heavy atom. The van der Waals surface area contributed by atoms with Crippen molar-refractivity contribution in [2.45, 2.75) is 57.2 Å². The maximum atomic E-state index is 12.4. The van der Waals surface area contributed by atoms with Crippen molar-refractivity contribution in [3.05, 3.63) is 29.8 Å². The van der Waals surface area contributed by atoms with Crippen molar-refractivity contribution in [2.75, 3.05) is 13.1 Å². The van der Waals surface area contributed by atoms with Gasteiger partial charge in [0.05, 0.1) is 6.42 Å². The number of ether oxygens (including phenoxy) is 2. The van der Waals surface area contributed by atoms with Gasteiger partial charge < -0.3 is 14.8 Å². The monoisotopic (exact) mass is 303 g/mol. The molecular weight excluding hydrogens is 278 g/mol. The maximum absolute atomic E-state index is 12.4. The first-order valence-corrected chi connectivity index (χ1v) is 8.10. The number of piperidine rings is 1. The molecule has 1 aromatic rings. The summed E-state index contributed by atoms with van der Waals surface area (Å²) in [7, 11) is 0. The van der Waals surface area contributed by atoms with Crippen LogP contribution < -0.4 is 10.1 Å². The van der Waals surface area contributed by atoms with Crippen LogP contribution >= 0.6 is 0 Å². The van der Waals surface area contributed by atoms with Crippen LogP contribution in [0.5, 0.6) is 5.75 Å². The quantitative estimate of drug-likeness (QED) is 0.853. The molecule has 0 aromatic heterocycles. The van der Waals surface area contributed by atoms with Gasteiger partial charge >= 0.3 is 5.97 Å². The zero-order chi connectivity index (χ0) is 15.8. The van der Waals surface area contributed by atoms with Gasteiger partial charge in [-0.1, -0.05) is 18.2 Å². The van der Waals surface area contributed by atoms with Crippen molar-refractivity contribution in [3.8, 4) is 5.75 Å². The van der Waals surface area contributed by atoms with Gasteiger partial charge in [-0.2, -0.15) is 0 Å². The highest BCUT2D eigenvalue weighted by molar-refractivity contribution is 5.72. The Morgan fingerprint density at radius 1 is 1.32 bits per heavy atom. The molecule has 0 unspecified atom stereocenters. The van der Waals surface area contributed by atoms with E-state index in [4.69, 9.17) is 9.47 Å². The van der Waals surface area contributed by atoms with Crippen LogP contribution in [0.25, 0.3) is 0 Å². The van der Waals surface area contributed by atoms with Crippen LogP contribution in [0.1, 0.15) is 51.5 Å². The molecule has 120 valence electrons. The number of hydrogen-bond donors (Lipinski definition) is 1. The third-order valence-electron chi connectivity index (χ3n) is 4.48. The fourth-order valence-electron chi connectivity index (χ4n) is 3.58. The number of fused-ring (bicyclic) bond motifs is 1. The first-order chi connectivity index (χ1) is 10.4. The molecule has 0 radical (unpaired) electrons. The summed E-state index contributed by atoms with van der Waals surface area (Å²) in [6, 6.07) is 8.10. The lowest BCUT2D eigenvalue weighted by molar-refractivity contribution is -0.156. The van der Waals surface area contributed by atoms with E-state index in [9.17, 15) is 4.79 Å². The van der Waals surface area contributed by atoms with Crippen molar-refractivity contribution in [3.63, 3.8) is 0 Å². The van der Waals surface area contributed by atoms with Crippen LogP contribution in [0, 0.1) is 0 Å². The molecule has 22 heavy (non-hydrogen) atoms. The number of nitrogens with one attached hydrogen (secondary N) is 1. The summed E-state index contributed by atoms with van der Waals surface area (Å²) in [5, 5.41) is 3.38. The van der Waals surface area contributed by atoms with E-state index in [1.54, 1.807) is 0 Å². The molecule has 0 aliphatic carbocycles. The largest absolute Gasteiger partial charge is 0.486 e. The predicted octanol–water partition coefficient (Wildman–Crippen LogP) is 3.02. The Bertz CT molecular complexity index is 556. The van der Waals surface area contributed by atoms with Crippen LogP contribution in [0.3, 0.4) is 0 Å². The van der Waals surface area contributed by atoms with Crippen molar-refractivity contribution in [1.82, 2.24) is 5.32 Å². The Labute approximate surface area is 132 Å². The molecule has 1 N–H and O–H groups in total. The Kier molecular flexibility index (Phi) is 3.89. The van der Waals surface area contributed by atoms with Gasteiger partial charge in [0.25, 0.3) is 0 Å². The smallest absolute Gasteiger partial charge is 0.307 e. The molecule has 1 saturated heterocycles. The summed E-state index contributed by atoms with van der Waals surface area (Å²) < 4.78 is 11.9. The number of esters is 1. The number of rotatable bonds is 2. The van der Waals surface area contributed by atoms with Crippen LogP contribution in [-0.4, -0.2) is 30.3 Å². The molecule has 0 saturated carbocycles. The number of para-hydroxylation sites is 1. The number of benzene rings is 1. The minimum absolute atomic E-state index is 0.0839. The van der Waals surface area contributed by atoms with E-state index in [0.29, 0.717) is 6.42 Å². The summed E-state index contributed by atoms with van der Waals surface area (Å²) in [6.07, 6.45) is 2.23. The zero-order valence-electron chi connectivity index (χ0n) is 13.6. The van der Waals surface area contributed by atoms with Gasteiger partial charge in [-0.25, -0.2) is 0 Å². The van der Waals surface area contributed by atoms with E-state index in [1.807, 2.05) is 39.0 Å². The first-order valence-electron chi connectivity index (χ1n) is 8.10. The second kappa shape index (κ2) is 5.58. The lowest BCUT2D eigenvalue weighted by Gasteiger charge is -2.38. The minimum Gasteiger partial charge on any atom is -0.486 e. The number of carbonyl (C=O) groups excluding carboxylic acids is 1. The summed E-state index contributed by atoms with van der Waals surface area (Å²) in [6.45, 7) is 7.58. The molecule has 2 heterocycles. The topological polar surface area (TPSA) is 47.6 Å². The van der Waals surface area contributed by atoms with Crippen molar-refractivity contribution >= 4 is 5.97 Å². The van der Waals surface area contributed by atoms with E-state index in [2.05, 4.69) is 11.4 Å². The Balaban J connectivity index is 1.85. The van der Waals surface area contributed by atoms with Gasteiger partial charge in [0.2, 0.25) is 0 Å². The van der Waals surface area contributed by atoms with E-state index in [-0.39, 0.29) is 17.5 Å². The van der Waals surface area contributed by atoms with E-state index >= 15 is 0 Å². The zero-order valence-corrected chi connectivity index (χ0v) is 13.6. The highest BCUT2D eigenvalue weighted by atomic mass is 16.6. The van der Waals surface area contributed by atoms with Gasteiger partial charge in [0.1, 0.15) is 17.0 Å². The van der Waals surface area contributed by atoms with E-state index in [1.165, 1.54) is 0 Å². The average molecular weight is 303 g/mol. The van der Waals surface area contributed by atoms with Crippen LogP contribution in [0.4, 0.5) is 0 Å². The molecule has 4 heteroatoms. The molecular formula is C18H25NO3. The third kappa shape index (κ3) is 2.98. The molecule has 2 aliphatic rings. The summed E-state index contributed by atoms with van der Waals surface area (Å²) in [5.74, 6) is 0.870. The van der Waals surface area contributed by atoms with Gasteiger partial charge in [0.15, 0.2) is 0 Å². The fourth-order valence-corrected chi connectivity index (χ4v) is 3.58. The van der Waals surface area contributed by atoms with Crippen molar-refractivity contribution in [1.29, 1.82) is 0 Å². The Hall–Kier alpha value is -1.55. The predicted molar refractivity (Wildman–Crippen MR) is 85.1 cm³/mol. The minimum atomic E-state index is -0.447. The summed E-state index contributed by atoms with van der Waals surface area (Å²) in [5.41, 5.74) is 0.443. The molecule has 1 aromatic carbocycles. The lowest BCUT2D eigenvalue weighted by atomic mass is 9.76. The SMILES string of the molecule is CC(C)(C)OC(=O)C[C@@H]1c2ccccc2OC12CCNCC2.